The van der Waals surface area contributed by atoms with Crippen molar-refractivity contribution in [2.24, 2.45) is 0 Å². The molecule has 1 unspecified atom stereocenters. The van der Waals surface area contributed by atoms with E-state index in [1.807, 2.05) is 18.4 Å². The SMILES string of the molecule is COc1cccc(CC(O)c2cncn2C(C)C)c1F. The fraction of sp³-hybridized carbons (Fsp3) is 0.400. The Morgan fingerprint density at radius 1 is 1.40 bits per heavy atom. The third kappa shape index (κ3) is 2.82. The standard InChI is InChI=1S/C15H19FN2O2/c1-10(2)18-9-17-8-12(18)13(19)7-11-5-4-6-14(20-3)15(11)16/h4-6,8-10,13,19H,7H2,1-3H3. The summed E-state index contributed by atoms with van der Waals surface area (Å²) in [6.07, 6.45) is 2.66. The molecule has 1 aromatic carbocycles. The van der Waals surface area contributed by atoms with Crippen molar-refractivity contribution < 1.29 is 14.2 Å². The van der Waals surface area contributed by atoms with Crippen LogP contribution in [-0.4, -0.2) is 21.8 Å². The molecule has 0 radical (unpaired) electrons. The van der Waals surface area contributed by atoms with Crippen molar-refractivity contribution in [1.29, 1.82) is 0 Å². The highest BCUT2D eigenvalue weighted by Gasteiger charge is 2.18. The number of hydrogen-bond acceptors (Lipinski definition) is 3. The van der Waals surface area contributed by atoms with Gasteiger partial charge in [0, 0.05) is 12.5 Å². The normalized spacial score (nSPS) is 12.7. The van der Waals surface area contributed by atoms with Gasteiger partial charge in [0.25, 0.3) is 0 Å². The summed E-state index contributed by atoms with van der Waals surface area (Å²) in [4.78, 5) is 4.05. The Hall–Kier alpha value is -1.88. The number of aliphatic hydroxyl groups is 1. The van der Waals surface area contributed by atoms with Gasteiger partial charge in [-0.3, -0.25) is 0 Å². The van der Waals surface area contributed by atoms with Crippen LogP contribution in [0.3, 0.4) is 0 Å². The zero-order valence-corrected chi connectivity index (χ0v) is 11.9. The van der Waals surface area contributed by atoms with Crippen LogP contribution < -0.4 is 4.74 Å². The predicted molar refractivity (Wildman–Crippen MR) is 74.2 cm³/mol. The number of methoxy groups -OCH3 is 1. The van der Waals surface area contributed by atoms with E-state index in [4.69, 9.17) is 4.74 Å². The molecule has 0 aliphatic rings. The largest absolute Gasteiger partial charge is 0.494 e. The third-order valence-corrected chi connectivity index (χ3v) is 3.27. The number of aliphatic hydroxyl groups excluding tert-OH is 1. The average Bonchev–Trinajstić information content (AvgIpc) is 2.90. The average molecular weight is 278 g/mol. The van der Waals surface area contributed by atoms with E-state index in [-0.39, 0.29) is 18.2 Å². The lowest BCUT2D eigenvalue weighted by molar-refractivity contribution is 0.165. The number of imidazole rings is 1. The number of nitrogens with zero attached hydrogens (tertiary/aromatic N) is 2. The molecule has 2 rings (SSSR count). The van der Waals surface area contributed by atoms with Crippen LogP contribution in [0.5, 0.6) is 5.75 Å². The molecular weight excluding hydrogens is 259 g/mol. The van der Waals surface area contributed by atoms with Crippen molar-refractivity contribution in [1.82, 2.24) is 9.55 Å². The second kappa shape index (κ2) is 6.05. The monoisotopic (exact) mass is 278 g/mol. The smallest absolute Gasteiger partial charge is 0.168 e. The number of aromatic nitrogens is 2. The van der Waals surface area contributed by atoms with Gasteiger partial charge in [0.15, 0.2) is 11.6 Å². The molecule has 5 heteroatoms. The van der Waals surface area contributed by atoms with E-state index in [1.165, 1.54) is 7.11 Å². The fourth-order valence-electron chi connectivity index (χ4n) is 2.19. The van der Waals surface area contributed by atoms with Gasteiger partial charge in [0.1, 0.15) is 0 Å². The molecule has 0 aliphatic heterocycles. The Morgan fingerprint density at radius 3 is 2.80 bits per heavy atom. The molecule has 1 aromatic heterocycles. The van der Waals surface area contributed by atoms with Crippen LogP contribution in [0.25, 0.3) is 0 Å². The first-order chi connectivity index (χ1) is 9.54. The zero-order valence-electron chi connectivity index (χ0n) is 11.9. The molecule has 0 saturated carbocycles. The van der Waals surface area contributed by atoms with Gasteiger partial charge in [0.2, 0.25) is 0 Å². The van der Waals surface area contributed by atoms with Gasteiger partial charge < -0.3 is 14.4 Å². The Kier molecular flexibility index (Phi) is 4.39. The minimum atomic E-state index is -0.804. The van der Waals surface area contributed by atoms with Gasteiger partial charge in [-0.2, -0.15) is 0 Å². The number of halogens is 1. The highest BCUT2D eigenvalue weighted by Crippen LogP contribution is 2.26. The topological polar surface area (TPSA) is 47.3 Å². The lowest BCUT2D eigenvalue weighted by atomic mass is 10.0. The van der Waals surface area contributed by atoms with E-state index in [9.17, 15) is 9.50 Å². The number of rotatable bonds is 5. The van der Waals surface area contributed by atoms with E-state index >= 15 is 0 Å². The summed E-state index contributed by atoms with van der Waals surface area (Å²) in [5.74, 6) is -0.239. The quantitative estimate of drug-likeness (QED) is 0.914. The first-order valence-electron chi connectivity index (χ1n) is 6.55. The van der Waals surface area contributed by atoms with Crippen molar-refractivity contribution >= 4 is 0 Å². The van der Waals surface area contributed by atoms with E-state index in [1.54, 1.807) is 30.7 Å². The predicted octanol–water partition coefficient (Wildman–Crippen LogP) is 2.89. The van der Waals surface area contributed by atoms with Crippen LogP contribution in [0.1, 0.15) is 37.3 Å². The third-order valence-electron chi connectivity index (χ3n) is 3.27. The zero-order chi connectivity index (χ0) is 14.7. The summed E-state index contributed by atoms with van der Waals surface area (Å²) in [6, 6.07) is 5.11. The van der Waals surface area contributed by atoms with Crippen molar-refractivity contribution in [3.8, 4) is 5.75 Å². The lowest BCUT2D eigenvalue weighted by Crippen LogP contribution is -2.11. The highest BCUT2D eigenvalue weighted by molar-refractivity contribution is 5.32. The van der Waals surface area contributed by atoms with Crippen LogP contribution in [0, 0.1) is 5.82 Å². The molecule has 1 atom stereocenters. The molecule has 4 nitrogen and oxygen atoms in total. The molecular formula is C15H19FN2O2. The van der Waals surface area contributed by atoms with Crippen LogP contribution in [0.15, 0.2) is 30.7 Å². The molecule has 1 N–H and O–H groups in total. The maximum absolute atomic E-state index is 14.1. The molecule has 1 heterocycles. The molecule has 0 spiro atoms. The van der Waals surface area contributed by atoms with Gasteiger partial charge in [0.05, 0.1) is 31.4 Å². The number of benzene rings is 1. The fourth-order valence-corrected chi connectivity index (χ4v) is 2.19. The maximum Gasteiger partial charge on any atom is 0.168 e. The minimum absolute atomic E-state index is 0.182. The Bertz CT molecular complexity index is 581. The second-order valence-electron chi connectivity index (χ2n) is 4.97. The molecule has 108 valence electrons. The summed E-state index contributed by atoms with van der Waals surface area (Å²) in [5.41, 5.74) is 1.11. The van der Waals surface area contributed by atoms with Gasteiger partial charge in [-0.25, -0.2) is 9.37 Å². The molecule has 0 saturated heterocycles. The van der Waals surface area contributed by atoms with Crippen molar-refractivity contribution in [3.63, 3.8) is 0 Å². The van der Waals surface area contributed by atoms with E-state index in [0.717, 1.165) is 0 Å². The number of hydrogen-bond donors (Lipinski definition) is 1. The van der Waals surface area contributed by atoms with Crippen LogP contribution in [0.4, 0.5) is 4.39 Å². The van der Waals surface area contributed by atoms with Crippen LogP contribution >= 0.6 is 0 Å². The summed E-state index contributed by atoms with van der Waals surface area (Å²) >= 11 is 0. The molecule has 0 aliphatic carbocycles. The van der Waals surface area contributed by atoms with Crippen LogP contribution in [0.2, 0.25) is 0 Å². The van der Waals surface area contributed by atoms with Crippen molar-refractivity contribution in [2.75, 3.05) is 7.11 Å². The van der Waals surface area contributed by atoms with Gasteiger partial charge in [-0.1, -0.05) is 12.1 Å². The molecule has 2 aromatic rings. The van der Waals surface area contributed by atoms with Crippen molar-refractivity contribution in [2.45, 2.75) is 32.4 Å². The highest BCUT2D eigenvalue weighted by atomic mass is 19.1. The van der Waals surface area contributed by atoms with E-state index in [0.29, 0.717) is 11.3 Å². The van der Waals surface area contributed by atoms with E-state index < -0.39 is 11.9 Å². The Morgan fingerprint density at radius 2 is 2.15 bits per heavy atom. The number of ether oxygens (including phenoxy) is 1. The molecule has 0 fully saturated rings. The van der Waals surface area contributed by atoms with Crippen molar-refractivity contribution in [3.05, 3.63) is 47.8 Å². The molecule has 0 bridgehead atoms. The first-order valence-corrected chi connectivity index (χ1v) is 6.55. The minimum Gasteiger partial charge on any atom is -0.494 e. The molecule has 0 amide bonds. The molecule has 20 heavy (non-hydrogen) atoms. The summed E-state index contributed by atoms with van der Waals surface area (Å²) < 4.78 is 20.9. The van der Waals surface area contributed by atoms with Gasteiger partial charge in [-0.05, 0) is 25.5 Å². The van der Waals surface area contributed by atoms with E-state index in [2.05, 4.69) is 4.98 Å². The lowest BCUT2D eigenvalue weighted by Gasteiger charge is -2.17. The Labute approximate surface area is 117 Å². The second-order valence-corrected chi connectivity index (χ2v) is 4.97. The summed E-state index contributed by atoms with van der Waals surface area (Å²) in [7, 11) is 1.42. The van der Waals surface area contributed by atoms with Crippen LogP contribution in [-0.2, 0) is 6.42 Å². The summed E-state index contributed by atoms with van der Waals surface area (Å²) in [6.45, 7) is 4.01. The summed E-state index contributed by atoms with van der Waals surface area (Å²) in [5, 5.41) is 10.3. The van der Waals surface area contributed by atoms with Gasteiger partial charge in [-0.15, -0.1) is 0 Å². The Balaban J connectivity index is 2.23. The first kappa shape index (κ1) is 14.5. The maximum atomic E-state index is 14.1. The van der Waals surface area contributed by atoms with Gasteiger partial charge >= 0.3 is 0 Å².